The number of sulfonamides is 1. The largest absolute Gasteiger partial charge is 0.497 e. The number of hydrogen-bond donors (Lipinski definition) is 0. The summed E-state index contributed by atoms with van der Waals surface area (Å²) in [5.74, 6) is 1.35. The van der Waals surface area contributed by atoms with Crippen LogP contribution in [0.25, 0.3) is 11.3 Å². The van der Waals surface area contributed by atoms with E-state index >= 15 is 0 Å². The van der Waals surface area contributed by atoms with Crippen LogP contribution in [0.3, 0.4) is 0 Å². The first kappa shape index (κ1) is 25.0. The molecule has 5 rings (SSSR count). The number of rotatable bonds is 10. The highest BCUT2D eigenvalue weighted by Crippen LogP contribution is 2.38. The second-order valence-electron chi connectivity index (χ2n) is 9.09. The van der Waals surface area contributed by atoms with Crippen LogP contribution < -0.4 is 9.47 Å². The Morgan fingerprint density at radius 1 is 0.973 bits per heavy atom. The van der Waals surface area contributed by atoms with Gasteiger partial charge in [0.2, 0.25) is 15.9 Å². The average molecular weight is 522 g/mol. The third-order valence-electron chi connectivity index (χ3n) is 6.35. The molecule has 192 valence electrons. The van der Waals surface area contributed by atoms with Crippen molar-refractivity contribution >= 4 is 10.0 Å². The molecule has 0 saturated heterocycles. The van der Waals surface area contributed by atoms with Crippen molar-refractivity contribution in [2.45, 2.75) is 24.3 Å². The standard InChI is InChI=1S/C28H28FN3O4S/c1-31-28(36-24-12-10-22(29)11-13-24)26(27(30-31)21-6-4-3-5-7-21)19-32(18-20-8-9-20)37(33,34)25-16-14-23(35-2)15-17-25/h3-7,10-17,20H,8-9,18-19H2,1-2H3. The van der Waals surface area contributed by atoms with Gasteiger partial charge in [-0.05, 0) is 67.3 Å². The van der Waals surface area contributed by atoms with Crippen LogP contribution in [-0.2, 0) is 23.6 Å². The van der Waals surface area contributed by atoms with Gasteiger partial charge in [0, 0.05) is 25.7 Å². The molecule has 0 bridgehead atoms. The highest BCUT2D eigenvalue weighted by molar-refractivity contribution is 7.89. The lowest BCUT2D eigenvalue weighted by molar-refractivity contribution is 0.376. The van der Waals surface area contributed by atoms with Crippen LogP contribution >= 0.6 is 0 Å². The van der Waals surface area contributed by atoms with Gasteiger partial charge in [0.15, 0.2) is 0 Å². The van der Waals surface area contributed by atoms with E-state index in [2.05, 4.69) is 0 Å². The fourth-order valence-corrected chi connectivity index (χ4v) is 5.66. The van der Waals surface area contributed by atoms with E-state index in [1.807, 2.05) is 30.3 Å². The van der Waals surface area contributed by atoms with E-state index < -0.39 is 10.0 Å². The van der Waals surface area contributed by atoms with Gasteiger partial charge in [-0.2, -0.15) is 9.40 Å². The summed E-state index contributed by atoms with van der Waals surface area (Å²) in [5.41, 5.74) is 2.11. The lowest BCUT2D eigenvalue weighted by Gasteiger charge is -2.23. The summed E-state index contributed by atoms with van der Waals surface area (Å²) in [5, 5.41) is 4.70. The summed E-state index contributed by atoms with van der Waals surface area (Å²) in [6.07, 6.45) is 1.98. The highest BCUT2D eigenvalue weighted by Gasteiger charge is 2.34. The summed E-state index contributed by atoms with van der Waals surface area (Å²) in [6, 6.07) is 21.7. The zero-order valence-electron chi connectivity index (χ0n) is 20.7. The van der Waals surface area contributed by atoms with E-state index in [0.717, 1.165) is 18.4 Å². The fourth-order valence-electron chi connectivity index (χ4n) is 4.17. The van der Waals surface area contributed by atoms with Gasteiger partial charge in [0.05, 0.1) is 17.6 Å². The first-order valence-electron chi connectivity index (χ1n) is 12.0. The molecule has 0 amide bonds. The summed E-state index contributed by atoms with van der Waals surface area (Å²) >= 11 is 0. The molecule has 7 nitrogen and oxygen atoms in total. The molecule has 1 heterocycles. The lowest BCUT2D eigenvalue weighted by atomic mass is 10.1. The number of nitrogens with zero attached hydrogens (tertiary/aromatic N) is 3. The summed E-state index contributed by atoms with van der Waals surface area (Å²) in [7, 11) is -0.540. The Labute approximate surface area is 216 Å². The number of halogens is 1. The van der Waals surface area contributed by atoms with E-state index in [1.54, 1.807) is 43.1 Å². The Morgan fingerprint density at radius 2 is 1.62 bits per heavy atom. The number of ether oxygens (including phenoxy) is 2. The second kappa shape index (κ2) is 10.4. The Balaban J connectivity index is 1.57. The minimum Gasteiger partial charge on any atom is -0.497 e. The second-order valence-corrected chi connectivity index (χ2v) is 11.0. The topological polar surface area (TPSA) is 73.7 Å². The van der Waals surface area contributed by atoms with Gasteiger partial charge in [-0.25, -0.2) is 17.5 Å². The van der Waals surface area contributed by atoms with Crippen molar-refractivity contribution in [3.8, 4) is 28.6 Å². The van der Waals surface area contributed by atoms with Crippen molar-refractivity contribution in [3.63, 3.8) is 0 Å². The summed E-state index contributed by atoms with van der Waals surface area (Å²) in [6.45, 7) is 0.465. The van der Waals surface area contributed by atoms with Crippen molar-refractivity contribution in [1.82, 2.24) is 14.1 Å². The molecule has 0 aliphatic heterocycles. The molecule has 3 aromatic carbocycles. The van der Waals surface area contributed by atoms with E-state index in [0.29, 0.717) is 41.1 Å². The van der Waals surface area contributed by atoms with Gasteiger partial charge in [0.25, 0.3) is 0 Å². The Bertz CT molecular complexity index is 1470. The molecule has 1 aliphatic rings. The van der Waals surface area contributed by atoms with Crippen LogP contribution in [0.4, 0.5) is 4.39 Å². The van der Waals surface area contributed by atoms with Gasteiger partial charge in [-0.1, -0.05) is 30.3 Å². The molecule has 1 fully saturated rings. The molecule has 0 spiro atoms. The van der Waals surface area contributed by atoms with Crippen molar-refractivity contribution in [1.29, 1.82) is 0 Å². The first-order valence-corrected chi connectivity index (χ1v) is 13.5. The third-order valence-corrected chi connectivity index (χ3v) is 8.18. The van der Waals surface area contributed by atoms with E-state index in [1.165, 1.54) is 28.6 Å². The Kier molecular flexibility index (Phi) is 6.99. The zero-order valence-corrected chi connectivity index (χ0v) is 21.5. The van der Waals surface area contributed by atoms with E-state index in [9.17, 15) is 12.8 Å². The molecule has 0 radical (unpaired) electrons. The fraction of sp³-hybridized carbons (Fsp3) is 0.250. The zero-order chi connectivity index (χ0) is 26.0. The molecule has 1 saturated carbocycles. The van der Waals surface area contributed by atoms with Gasteiger partial charge in [-0.3, -0.25) is 0 Å². The number of methoxy groups -OCH3 is 1. The lowest BCUT2D eigenvalue weighted by Crippen LogP contribution is -2.32. The van der Waals surface area contributed by atoms with Crippen LogP contribution in [0, 0.1) is 11.7 Å². The highest BCUT2D eigenvalue weighted by atomic mass is 32.2. The van der Waals surface area contributed by atoms with Crippen molar-refractivity contribution in [3.05, 3.63) is 90.2 Å². The quantitative estimate of drug-likeness (QED) is 0.271. The molecule has 1 aliphatic carbocycles. The maximum absolute atomic E-state index is 13.8. The van der Waals surface area contributed by atoms with Crippen molar-refractivity contribution < 1.29 is 22.3 Å². The van der Waals surface area contributed by atoms with Crippen molar-refractivity contribution in [2.75, 3.05) is 13.7 Å². The third kappa shape index (κ3) is 5.52. The smallest absolute Gasteiger partial charge is 0.243 e. The van der Waals surface area contributed by atoms with Crippen LogP contribution in [0.5, 0.6) is 17.4 Å². The molecule has 9 heteroatoms. The number of aromatic nitrogens is 2. The maximum Gasteiger partial charge on any atom is 0.243 e. The summed E-state index contributed by atoms with van der Waals surface area (Å²) < 4.78 is 55.6. The molecule has 0 unspecified atom stereocenters. The average Bonchev–Trinajstić information content (AvgIpc) is 3.69. The number of benzene rings is 3. The van der Waals surface area contributed by atoms with Crippen molar-refractivity contribution in [2.24, 2.45) is 13.0 Å². The van der Waals surface area contributed by atoms with Gasteiger partial charge < -0.3 is 9.47 Å². The molecule has 0 N–H and O–H groups in total. The van der Waals surface area contributed by atoms with Crippen LogP contribution in [-0.4, -0.2) is 36.2 Å². The van der Waals surface area contributed by atoms with Gasteiger partial charge in [0.1, 0.15) is 23.0 Å². The molecule has 0 atom stereocenters. The molecular formula is C28H28FN3O4S. The predicted molar refractivity (Wildman–Crippen MR) is 138 cm³/mol. The molecule has 4 aromatic rings. The van der Waals surface area contributed by atoms with Gasteiger partial charge in [-0.15, -0.1) is 0 Å². The number of aryl methyl sites for hydroxylation is 1. The predicted octanol–water partition coefficient (Wildman–Crippen LogP) is 5.63. The van der Waals surface area contributed by atoms with Crippen LogP contribution in [0.15, 0.2) is 83.8 Å². The molecule has 37 heavy (non-hydrogen) atoms. The first-order chi connectivity index (χ1) is 17.8. The van der Waals surface area contributed by atoms with Gasteiger partial charge >= 0.3 is 0 Å². The molecular weight excluding hydrogens is 493 g/mol. The minimum absolute atomic E-state index is 0.0689. The van der Waals surface area contributed by atoms with Crippen LogP contribution in [0.2, 0.25) is 0 Å². The normalized spacial score (nSPS) is 13.6. The SMILES string of the molecule is COc1ccc(S(=O)(=O)N(Cc2c(-c3ccccc3)nn(C)c2Oc2ccc(F)cc2)CC2CC2)cc1. The minimum atomic E-state index is -3.83. The summed E-state index contributed by atoms with van der Waals surface area (Å²) in [4.78, 5) is 0.195. The molecule has 1 aromatic heterocycles. The Hall–Kier alpha value is -3.69. The monoisotopic (exact) mass is 521 g/mol. The van der Waals surface area contributed by atoms with E-state index in [-0.39, 0.29) is 17.3 Å². The van der Waals surface area contributed by atoms with E-state index in [4.69, 9.17) is 14.6 Å². The maximum atomic E-state index is 13.8. The number of hydrogen-bond acceptors (Lipinski definition) is 5. The van der Waals surface area contributed by atoms with Crippen LogP contribution in [0.1, 0.15) is 18.4 Å². The Morgan fingerprint density at radius 3 is 2.24 bits per heavy atom.